The molecule has 2 aromatic rings. The van der Waals surface area contributed by atoms with E-state index in [9.17, 15) is 4.79 Å². The zero-order valence-corrected chi connectivity index (χ0v) is 9.92. The van der Waals surface area contributed by atoms with E-state index in [-0.39, 0.29) is 5.91 Å². The lowest BCUT2D eigenvalue weighted by Gasteiger charge is -2.22. The van der Waals surface area contributed by atoms with Crippen LogP contribution < -0.4 is 4.90 Å². The topological polar surface area (TPSA) is 33.2 Å². The van der Waals surface area contributed by atoms with Crippen LogP contribution in [0.15, 0.2) is 48.8 Å². The molecule has 1 aromatic carbocycles. The molecule has 0 bridgehead atoms. The normalized spacial score (nSPS) is 10.0. The third kappa shape index (κ3) is 2.33. The van der Waals surface area contributed by atoms with E-state index < -0.39 is 0 Å². The van der Waals surface area contributed by atoms with Crippen LogP contribution in [0.25, 0.3) is 0 Å². The van der Waals surface area contributed by atoms with Gasteiger partial charge >= 0.3 is 0 Å². The molecule has 17 heavy (non-hydrogen) atoms. The van der Waals surface area contributed by atoms with E-state index in [1.54, 1.807) is 24.2 Å². The number of hydrogen-bond donors (Lipinski definition) is 0. The number of hydrogen-bond acceptors (Lipinski definition) is 2. The smallest absolute Gasteiger partial charge is 0.228 e. The first kappa shape index (κ1) is 11.3. The van der Waals surface area contributed by atoms with Crippen molar-refractivity contribution in [3.63, 3.8) is 0 Å². The molecule has 0 aliphatic carbocycles. The van der Waals surface area contributed by atoms with Crippen molar-refractivity contribution in [1.82, 2.24) is 4.98 Å². The van der Waals surface area contributed by atoms with Crippen molar-refractivity contribution in [2.75, 3.05) is 4.90 Å². The van der Waals surface area contributed by atoms with Gasteiger partial charge in [0.25, 0.3) is 0 Å². The number of carbonyl (C=O) groups excluding carboxylic acids is 1. The molecule has 0 saturated heterocycles. The largest absolute Gasteiger partial charge is 0.279 e. The average molecular weight is 226 g/mol. The van der Waals surface area contributed by atoms with Crippen LogP contribution in [0.3, 0.4) is 0 Å². The molecule has 0 aliphatic rings. The monoisotopic (exact) mass is 226 g/mol. The molecule has 0 saturated carbocycles. The molecule has 86 valence electrons. The highest BCUT2D eigenvalue weighted by molar-refractivity contribution is 5.99. The molecular formula is C14H14N2O. The molecule has 3 nitrogen and oxygen atoms in total. The highest BCUT2D eigenvalue weighted by Gasteiger charge is 2.15. The van der Waals surface area contributed by atoms with Gasteiger partial charge in [0.2, 0.25) is 5.91 Å². The second-order valence-electron chi connectivity index (χ2n) is 3.85. The molecule has 0 fully saturated rings. The molecule has 3 heteroatoms. The predicted molar refractivity (Wildman–Crippen MR) is 68.2 cm³/mol. The Balaban J connectivity index is 2.51. The number of nitrogens with zero attached hydrogens (tertiary/aromatic N) is 2. The molecule has 2 rings (SSSR count). The second kappa shape index (κ2) is 4.78. The summed E-state index contributed by atoms with van der Waals surface area (Å²) >= 11 is 0. The molecule has 0 unspecified atom stereocenters. The fourth-order valence-electron chi connectivity index (χ4n) is 1.76. The van der Waals surface area contributed by atoms with E-state index in [0.717, 1.165) is 16.9 Å². The van der Waals surface area contributed by atoms with Gasteiger partial charge in [-0.15, -0.1) is 0 Å². The third-order valence-corrected chi connectivity index (χ3v) is 2.58. The van der Waals surface area contributed by atoms with Crippen LogP contribution >= 0.6 is 0 Å². The Labute approximate surface area is 101 Å². The summed E-state index contributed by atoms with van der Waals surface area (Å²) in [5.74, 6) is -0.0210. The van der Waals surface area contributed by atoms with Crippen LogP contribution in [0.5, 0.6) is 0 Å². The van der Waals surface area contributed by atoms with Crippen LogP contribution in [0.2, 0.25) is 0 Å². The van der Waals surface area contributed by atoms with Crippen LogP contribution in [0.1, 0.15) is 12.5 Å². The van der Waals surface area contributed by atoms with Crippen LogP contribution in [0.4, 0.5) is 11.4 Å². The van der Waals surface area contributed by atoms with E-state index in [2.05, 4.69) is 4.98 Å². The maximum atomic E-state index is 11.8. The van der Waals surface area contributed by atoms with Gasteiger partial charge in [0, 0.05) is 18.8 Å². The number of para-hydroxylation sites is 1. The molecule has 0 radical (unpaired) electrons. The zero-order valence-electron chi connectivity index (χ0n) is 9.92. The Kier molecular flexibility index (Phi) is 3.19. The SMILES string of the molecule is CC(=O)N(c1ccccc1)c1cnccc1C. The van der Waals surface area contributed by atoms with Gasteiger partial charge in [-0.25, -0.2) is 0 Å². The van der Waals surface area contributed by atoms with Crippen molar-refractivity contribution in [3.8, 4) is 0 Å². The van der Waals surface area contributed by atoms with Crippen LogP contribution in [0, 0.1) is 6.92 Å². The number of aryl methyl sites for hydroxylation is 1. The quantitative estimate of drug-likeness (QED) is 0.788. The molecule has 1 aromatic heterocycles. The van der Waals surface area contributed by atoms with Crippen molar-refractivity contribution >= 4 is 17.3 Å². The Morgan fingerprint density at radius 3 is 2.47 bits per heavy atom. The third-order valence-electron chi connectivity index (χ3n) is 2.58. The maximum Gasteiger partial charge on any atom is 0.228 e. The van der Waals surface area contributed by atoms with Gasteiger partial charge in [-0.1, -0.05) is 18.2 Å². The van der Waals surface area contributed by atoms with Gasteiger partial charge < -0.3 is 0 Å². The standard InChI is InChI=1S/C14H14N2O/c1-11-8-9-15-10-14(11)16(12(2)17)13-6-4-3-5-7-13/h3-10H,1-2H3. The summed E-state index contributed by atoms with van der Waals surface area (Å²) in [6, 6.07) is 11.5. The summed E-state index contributed by atoms with van der Waals surface area (Å²) in [7, 11) is 0. The fourth-order valence-corrected chi connectivity index (χ4v) is 1.76. The van der Waals surface area contributed by atoms with E-state index in [4.69, 9.17) is 0 Å². The molecule has 0 N–H and O–H groups in total. The number of aromatic nitrogens is 1. The minimum atomic E-state index is -0.0210. The molecule has 0 atom stereocenters. The summed E-state index contributed by atoms with van der Waals surface area (Å²) in [6.07, 6.45) is 3.44. The Hall–Kier alpha value is -2.16. The summed E-state index contributed by atoms with van der Waals surface area (Å²) in [6.45, 7) is 3.52. The first-order valence-corrected chi connectivity index (χ1v) is 5.46. The Bertz CT molecular complexity index is 523. The van der Waals surface area contributed by atoms with Crippen molar-refractivity contribution in [2.24, 2.45) is 0 Å². The minimum absolute atomic E-state index is 0.0210. The highest BCUT2D eigenvalue weighted by Crippen LogP contribution is 2.27. The van der Waals surface area contributed by atoms with Gasteiger partial charge in [-0.2, -0.15) is 0 Å². The zero-order chi connectivity index (χ0) is 12.3. The fraction of sp³-hybridized carbons (Fsp3) is 0.143. The van der Waals surface area contributed by atoms with E-state index >= 15 is 0 Å². The number of amides is 1. The van der Waals surface area contributed by atoms with Gasteiger partial charge in [-0.05, 0) is 30.7 Å². The van der Waals surface area contributed by atoms with Gasteiger partial charge in [-0.3, -0.25) is 14.7 Å². The first-order chi connectivity index (χ1) is 8.20. The number of pyridine rings is 1. The molecule has 1 amide bonds. The maximum absolute atomic E-state index is 11.8. The summed E-state index contributed by atoms with van der Waals surface area (Å²) in [4.78, 5) is 17.5. The predicted octanol–water partition coefficient (Wildman–Crippen LogP) is 3.07. The van der Waals surface area contributed by atoms with Crippen molar-refractivity contribution in [2.45, 2.75) is 13.8 Å². The van der Waals surface area contributed by atoms with E-state index in [1.165, 1.54) is 0 Å². The number of benzene rings is 1. The second-order valence-corrected chi connectivity index (χ2v) is 3.85. The van der Waals surface area contributed by atoms with Crippen molar-refractivity contribution in [3.05, 3.63) is 54.4 Å². The Morgan fingerprint density at radius 1 is 1.18 bits per heavy atom. The minimum Gasteiger partial charge on any atom is -0.279 e. The average Bonchev–Trinajstić information content (AvgIpc) is 2.33. The molecule has 1 heterocycles. The van der Waals surface area contributed by atoms with E-state index in [1.807, 2.05) is 43.3 Å². The molecule has 0 aliphatic heterocycles. The van der Waals surface area contributed by atoms with Gasteiger partial charge in [0.1, 0.15) is 0 Å². The number of carbonyl (C=O) groups is 1. The lowest BCUT2D eigenvalue weighted by atomic mass is 10.2. The summed E-state index contributed by atoms with van der Waals surface area (Å²) in [5.41, 5.74) is 2.71. The van der Waals surface area contributed by atoms with Crippen molar-refractivity contribution < 1.29 is 4.79 Å². The first-order valence-electron chi connectivity index (χ1n) is 5.46. The molecular weight excluding hydrogens is 212 g/mol. The van der Waals surface area contributed by atoms with Crippen LogP contribution in [-0.4, -0.2) is 10.9 Å². The van der Waals surface area contributed by atoms with E-state index in [0.29, 0.717) is 0 Å². The van der Waals surface area contributed by atoms with Gasteiger partial charge in [0.15, 0.2) is 0 Å². The number of anilines is 2. The Morgan fingerprint density at radius 2 is 1.88 bits per heavy atom. The summed E-state index contributed by atoms with van der Waals surface area (Å²) in [5, 5.41) is 0. The molecule has 0 spiro atoms. The van der Waals surface area contributed by atoms with Gasteiger partial charge in [0.05, 0.1) is 11.9 Å². The van der Waals surface area contributed by atoms with Crippen LogP contribution in [-0.2, 0) is 4.79 Å². The number of rotatable bonds is 2. The summed E-state index contributed by atoms with van der Waals surface area (Å²) < 4.78 is 0. The lowest BCUT2D eigenvalue weighted by molar-refractivity contribution is -0.115. The lowest BCUT2D eigenvalue weighted by Crippen LogP contribution is -2.23. The highest BCUT2D eigenvalue weighted by atomic mass is 16.2. The van der Waals surface area contributed by atoms with Crippen molar-refractivity contribution in [1.29, 1.82) is 0 Å².